The van der Waals surface area contributed by atoms with Crippen molar-refractivity contribution < 1.29 is 0 Å². The zero-order valence-electron chi connectivity index (χ0n) is 21.4. The Morgan fingerprint density at radius 3 is 1.35 bits per heavy atom. The molecule has 1 nitrogen and oxygen atoms in total. The molecule has 4 aromatic rings. The Morgan fingerprint density at radius 1 is 0.500 bits per heavy atom. The summed E-state index contributed by atoms with van der Waals surface area (Å²) in [6.07, 6.45) is 0. The van der Waals surface area contributed by atoms with Gasteiger partial charge in [0.05, 0.1) is 0 Å². The van der Waals surface area contributed by atoms with E-state index in [1.807, 2.05) is 0 Å². The van der Waals surface area contributed by atoms with E-state index >= 15 is 0 Å². The Bertz CT molecular complexity index is 1160. The van der Waals surface area contributed by atoms with Crippen molar-refractivity contribution >= 4 is 30.0 Å². The van der Waals surface area contributed by atoms with Gasteiger partial charge in [-0.15, -0.1) is 0 Å². The molecule has 174 valence electrons. The van der Waals surface area contributed by atoms with E-state index in [4.69, 9.17) is 0 Å². The van der Waals surface area contributed by atoms with Crippen molar-refractivity contribution in [3.63, 3.8) is 0 Å². The molecule has 0 unspecified atom stereocenters. The second-order valence-corrected chi connectivity index (χ2v) is 15.7. The highest BCUT2D eigenvalue weighted by molar-refractivity contribution is 7.07. The first kappa shape index (κ1) is 24.0. The number of para-hydroxylation sites is 2. The lowest BCUT2D eigenvalue weighted by molar-refractivity contribution is 0.591. The molecule has 0 aromatic heterocycles. The fraction of sp³-hybridized carbons (Fsp3) is 0.250. The molecule has 4 rings (SSSR count). The molecule has 0 bridgehead atoms. The van der Waals surface area contributed by atoms with Gasteiger partial charge in [0.15, 0.2) is 0 Å². The Morgan fingerprint density at radius 2 is 0.912 bits per heavy atom. The van der Waals surface area contributed by atoms with Crippen LogP contribution in [0.1, 0.15) is 47.1 Å². The second-order valence-electron chi connectivity index (χ2n) is 11.1. The van der Waals surface area contributed by atoms with Crippen molar-refractivity contribution in [3.8, 4) is 0 Å². The number of anilines is 2. The van der Waals surface area contributed by atoms with Gasteiger partial charge in [-0.05, 0) is 44.6 Å². The van der Waals surface area contributed by atoms with Crippen molar-refractivity contribution in [2.75, 3.05) is 4.57 Å². The van der Waals surface area contributed by atoms with Gasteiger partial charge in [0.2, 0.25) is 8.24 Å². The minimum atomic E-state index is -2.64. The number of benzene rings is 4. The first-order valence-corrected chi connectivity index (χ1v) is 14.2. The SMILES string of the molecule is CC(C)(C)c1ccccc1N(c1ccccc1)[Si](c1ccccc1)(c1ccccc1)C(C)(C)C. The van der Waals surface area contributed by atoms with Crippen LogP contribution in [-0.4, -0.2) is 8.24 Å². The Labute approximate surface area is 207 Å². The minimum Gasteiger partial charge on any atom is -0.359 e. The second kappa shape index (κ2) is 9.27. The van der Waals surface area contributed by atoms with Gasteiger partial charge in [-0.2, -0.15) is 0 Å². The molecule has 0 atom stereocenters. The van der Waals surface area contributed by atoms with Gasteiger partial charge >= 0.3 is 0 Å². The van der Waals surface area contributed by atoms with Gasteiger partial charge in [-0.1, -0.05) is 139 Å². The Hall–Kier alpha value is -3.10. The maximum absolute atomic E-state index is 2.73. The number of hydrogen-bond acceptors (Lipinski definition) is 1. The molecule has 0 amide bonds. The summed E-state index contributed by atoms with van der Waals surface area (Å²) in [5, 5.41) is 2.82. The third-order valence-corrected chi connectivity index (χ3v) is 12.4. The summed E-state index contributed by atoms with van der Waals surface area (Å²) in [6, 6.07) is 42.5. The Balaban J connectivity index is 2.21. The van der Waals surface area contributed by atoms with Crippen LogP contribution in [-0.2, 0) is 5.41 Å². The zero-order valence-corrected chi connectivity index (χ0v) is 22.4. The summed E-state index contributed by atoms with van der Waals surface area (Å²) in [4.78, 5) is 0. The maximum atomic E-state index is 2.73. The van der Waals surface area contributed by atoms with Gasteiger partial charge in [0.1, 0.15) is 0 Å². The molecule has 0 aliphatic carbocycles. The van der Waals surface area contributed by atoms with Crippen LogP contribution >= 0.6 is 0 Å². The van der Waals surface area contributed by atoms with Crippen molar-refractivity contribution in [2.45, 2.75) is 52.0 Å². The molecule has 0 aliphatic rings. The normalized spacial score (nSPS) is 12.4. The largest absolute Gasteiger partial charge is 0.359 e. The van der Waals surface area contributed by atoms with Gasteiger partial charge in [-0.25, -0.2) is 0 Å². The highest BCUT2D eigenvalue weighted by Gasteiger charge is 2.54. The minimum absolute atomic E-state index is 0.00895. The highest BCUT2D eigenvalue weighted by Crippen LogP contribution is 2.46. The summed E-state index contributed by atoms with van der Waals surface area (Å²) in [7, 11) is -2.64. The van der Waals surface area contributed by atoms with Crippen LogP contribution in [0.25, 0.3) is 0 Å². The van der Waals surface area contributed by atoms with Crippen molar-refractivity contribution in [1.29, 1.82) is 0 Å². The molecule has 0 aliphatic heterocycles. The van der Waals surface area contributed by atoms with Crippen LogP contribution < -0.4 is 14.9 Å². The summed E-state index contributed by atoms with van der Waals surface area (Å²) < 4.78 is 2.73. The predicted molar refractivity (Wildman–Crippen MR) is 151 cm³/mol. The molecule has 0 saturated heterocycles. The van der Waals surface area contributed by atoms with Crippen LogP contribution in [0.15, 0.2) is 115 Å². The average molecular weight is 464 g/mol. The quantitative estimate of drug-likeness (QED) is 0.274. The number of nitrogens with zero attached hydrogens (tertiary/aromatic N) is 1. The Kier molecular flexibility index (Phi) is 6.55. The summed E-state index contributed by atoms with van der Waals surface area (Å²) in [5.74, 6) is 0. The lowest BCUT2D eigenvalue weighted by Crippen LogP contribution is -2.74. The summed E-state index contributed by atoms with van der Waals surface area (Å²) in [5.41, 5.74) is 3.92. The van der Waals surface area contributed by atoms with Crippen LogP contribution in [0, 0.1) is 0 Å². The predicted octanol–water partition coefficient (Wildman–Crippen LogP) is 7.68. The van der Waals surface area contributed by atoms with Gasteiger partial charge in [0, 0.05) is 11.4 Å². The third-order valence-electron chi connectivity index (χ3n) is 6.77. The molecule has 4 aromatic carbocycles. The van der Waals surface area contributed by atoms with E-state index in [2.05, 4.69) is 161 Å². The first-order chi connectivity index (χ1) is 16.2. The van der Waals surface area contributed by atoms with Crippen molar-refractivity contribution in [1.82, 2.24) is 0 Å². The van der Waals surface area contributed by atoms with E-state index in [0.29, 0.717) is 0 Å². The standard InChI is InChI=1S/C32H37NSi/c1-31(2,3)29-24-16-17-25-30(29)33(26-18-10-7-11-19-26)34(32(4,5)6,27-20-12-8-13-21-27)28-22-14-9-15-23-28/h7-25H,1-6H3. The van der Waals surface area contributed by atoms with E-state index in [1.165, 1.54) is 27.3 Å². The van der Waals surface area contributed by atoms with Crippen LogP contribution in [0.5, 0.6) is 0 Å². The van der Waals surface area contributed by atoms with E-state index in [9.17, 15) is 0 Å². The fourth-order valence-electron chi connectivity index (χ4n) is 5.38. The van der Waals surface area contributed by atoms with Crippen LogP contribution in [0.2, 0.25) is 5.04 Å². The zero-order chi connectivity index (χ0) is 24.4. The number of hydrogen-bond donors (Lipinski definition) is 0. The van der Waals surface area contributed by atoms with Crippen LogP contribution in [0.3, 0.4) is 0 Å². The smallest absolute Gasteiger partial charge is 0.230 e. The third kappa shape index (κ3) is 4.23. The maximum Gasteiger partial charge on any atom is 0.230 e. The van der Waals surface area contributed by atoms with E-state index in [0.717, 1.165) is 0 Å². The lowest BCUT2D eigenvalue weighted by Gasteiger charge is -2.53. The van der Waals surface area contributed by atoms with Gasteiger partial charge in [-0.3, -0.25) is 0 Å². The van der Waals surface area contributed by atoms with Crippen molar-refractivity contribution in [2.24, 2.45) is 0 Å². The first-order valence-electron chi connectivity index (χ1n) is 12.2. The monoisotopic (exact) mass is 463 g/mol. The topological polar surface area (TPSA) is 3.24 Å². The highest BCUT2D eigenvalue weighted by atomic mass is 28.3. The molecule has 34 heavy (non-hydrogen) atoms. The van der Waals surface area contributed by atoms with E-state index in [-0.39, 0.29) is 10.5 Å². The molecular weight excluding hydrogens is 426 g/mol. The van der Waals surface area contributed by atoms with Gasteiger partial charge < -0.3 is 4.57 Å². The van der Waals surface area contributed by atoms with E-state index in [1.54, 1.807) is 0 Å². The molecule has 0 saturated carbocycles. The molecule has 0 radical (unpaired) electrons. The molecule has 0 fully saturated rings. The summed E-state index contributed by atoms with van der Waals surface area (Å²) in [6.45, 7) is 14.2. The molecule has 2 heteroatoms. The fourth-order valence-corrected chi connectivity index (χ4v) is 11.1. The molecule has 0 heterocycles. The molecular formula is C32H37NSi. The molecule has 0 spiro atoms. The number of rotatable bonds is 5. The van der Waals surface area contributed by atoms with Crippen LogP contribution in [0.4, 0.5) is 11.4 Å². The summed E-state index contributed by atoms with van der Waals surface area (Å²) >= 11 is 0. The lowest BCUT2D eigenvalue weighted by atomic mass is 9.86. The van der Waals surface area contributed by atoms with Gasteiger partial charge in [0.25, 0.3) is 0 Å². The van der Waals surface area contributed by atoms with E-state index < -0.39 is 8.24 Å². The average Bonchev–Trinajstić information content (AvgIpc) is 2.83. The molecule has 0 N–H and O–H groups in total. The van der Waals surface area contributed by atoms with Crippen molar-refractivity contribution in [3.05, 3.63) is 121 Å².